The molecule has 0 radical (unpaired) electrons. The van der Waals surface area contributed by atoms with Crippen molar-refractivity contribution in [1.29, 1.82) is 0 Å². The summed E-state index contributed by atoms with van der Waals surface area (Å²) in [5.41, 5.74) is 4.31. The smallest absolute Gasteiger partial charge is 0.339 e. The molecule has 0 amide bonds. The number of para-hydroxylation sites is 1. The van der Waals surface area contributed by atoms with Crippen LogP contribution in [0, 0.1) is 0 Å². The second-order valence-corrected chi connectivity index (χ2v) is 8.44. The van der Waals surface area contributed by atoms with Crippen LogP contribution in [0.4, 0.5) is 0 Å². The number of hydrogen-bond acceptors (Lipinski definition) is 4. The van der Waals surface area contributed by atoms with Gasteiger partial charge in [-0.15, -0.1) is 0 Å². The van der Waals surface area contributed by atoms with Gasteiger partial charge in [0.1, 0.15) is 0 Å². The number of nitrogens with zero attached hydrogens (tertiary/aromatic N) is 3. The van der Waals surface area contributed by atoms with Crippen LogP contribution in [0.5, 0.6) is 0 Å². The molecular weight excluding hydrogens is 444 g/mol. The summed E-state index contributed by atoms with van der Waals surface area (Å²) in [7, 11) is 1.40. The van der Waals surface area contributed by atoms with Gasteiger partial charge in [-0.2, -0.15) is 0 Å². The predicted molar refractivity (Wildman–Crippen MR) is 135 cm³/mol. The zero-order valence-corrected chi connectivity index (χ0v) is 19.5. The Balaban J connectivity index is 1.63. The van der Waals surface area contributed by atoms with E-state index in [9.17, 15) is 4.79 Å². The molecule has 1 aliphatic heterocycles. The number of esters is 1. The van der Waals surface area contributed by atoms with Crippen LogP contribution >= 0.6 is 12.2 Å². The monoisotopic (exact) mass is 468 g/mol. The van der Waals surface area contributed by atoms with Crippen LogP contribution in [0.1, 0.15) is 39.4 Å². The van der Waals surface area contributed by atoms with Crippen LogP contribution in [0.15, 0.2) is 97.3 Å². The third-order valence-corrected chi connectivity index (χ3v) is 6.40. The maximum Gasteiger partial charge on any atom is 0.339 e. The van der Waals surface area contributed by atoms with E-state index in [4.69, 9.17) is 17.0 Å². The lowest BCUT2D eigenvalue weighted by atomic mass is 10.0. The molecule has 170 valence electrons. The summed E-state index contributed by atoms with van der Waals surface area (Å²) >= 11 is 5.82. The van der Waals surface area contributed by atoms with E-state index in [-0.39, 0.29) is 18.1 Å². The normalized spacial score (nSPS) is 17.4. The Hall–Kier alpha value is -3.97. The first kappa shape index (κ1) is 21.9. The Morgan fingerprint density at radius 2 is 1.76 bits per heavy atom. The lowest BCUT2D eigenvalue weighted by molar-refractivity contribution is 0.0600. The standard InChI is InChI=1S/C27H24N4O2S/c1-33-26(32)20-12-5-6-14-22(20)30-17-9-15-23(30)25-24(21-13-7-8-16-28-21)29-27(34)31(25)18-19-10-3-2-4-11-19/h2-17,24-25H,18H2,1H3,(H,29,34)/t24-,25-/m1/s1. The van der Waals surface area contributed by atoms with Crippen LogP contribution in [-0.4, -0.2) is 32.6 Å². The Labute approximate surface area is 203 Å². The molecule has 1 fully saturated rings. The first-order valence-corrected chi connectivity index (χ1v) is 11.4. The van der Waals surface area contributed by atoms with Crippen molar-refractivity contribution in [2.45, 2.75) is 18.6 Å². The number of nitrogens with one attached hydrogen (secondary N) is 1. The molecule has 0 spiro atoms. The van der Waals surface area contributed by atoms with Crippen molar-refractivity contribution in [3.8, 4) is 5.69 Å². The molecule has 2 aromatic carbocycles. The summed E-state index contributed by atoms with van der Waals surface area (Å²) in [4.78, 5) is 19.3. The van der Waals surface area contributed by atoms with E-state index in [0.29, 0.717) is 17.2 Å². The number of pyridine rings is 1. The Morgan fingerprint density at radius 3 is 2.53 bits per heavy atom. The van der Waals surface area contributed by atoms with Gasteiger partial charge in [0.15, 0.2) is 5.11 Å². The highest BCUT2D eigenvalue weighted by Crippen LogP contribution is 2.40. The van der Waals surface area contributed by atoms with Gasteiger partial charge in [0.05, 0.1) is 36.1 Å². The van der Waals surface area contributed by atoms with Gasteiger partial charge in [-0.3, -0.25) is 4.98 Å². The van der Waals surface area contributed by atoms with Gasteiger partial charge in [-0.25, -0.2) is 4.79 Å². The second kappa shape index (κ2) is 9.49. The molecule has 2 atom stereocenters. The molecule has 0 bridgehead atoms. The summed E-state index contributed by atoms with van der Waals surface area (Å²) in [6.45, 7) is 0.643. The maximum atomic E-state index is 12.5. The molecule has 34 heavy (non-hydrogen) atoms. The SMILES string of the molecule is COC(=O)c1ccccc1-n1cccc1[C@@H]1[C@@H](c2ccccn2)NC(=S)N1Cc1ccccc1. The van der Waals surface area contributed by atoms with E-state index < -0.39 is 0 Å². The molecule has 6 nitrogen and oxygen atoms in total. The minimum Gasteiger partial charge on any atom is -0.465 e. The molecule has 2 aromatic heterocycles. The lowest BCUT2D eigenvalue weighted by Gasteiger charge is -2.29. The van der Waals surface area contributed by atoms with E-state index >= 15 is 0 Å². The highest BCUT2D eigenvalue weighted by molar-refractivity contribution is 7.80. The summed E-state index contributed by atoms with van der Waals surface area (Å²) in [6, 6.07) is 27.4. The van der Waals surface area contributed by atoms with Crippen molar-refractivity contribution in [3.63, 3.8) is 0 Å². The quantitative estimate of drug-likeness (QED) is 0.323. The lowest BCUT2D eigenvalue weighted by Crippen LogP contribution is -2.30. The summed E-state index contributed by atoms with van der Waals surface area (Å²) in [5, 5.41) is 4.16. The maximum absolute atomic E-state index is 12.5. The molecule has 0 aliphatic carbocycles. The van der Waals surface area contributed by atoms with E-state index in [1.165, 1.54) is 7.11 Å². The van der Waals surface area contributed by atoms with Gasteiger partial charge in [-0.05, 0) is 54.2 Å². The summed E-state index contributed by atoms with van der Waals surface area (Å²) < 4.78 is 7.08. The molecule has 1 saturated heterocycles. The Bertz CT molecular complexity index is 1310. The number of methoxy groups -OCH3 is 1. The fraction of sp³-hybridized carbons (Fsp3) is 0.148. The largest absolute Gasteiger partial charge is 0.465 e. The van der Waals surface area contributed by atoms with Gasteiger partial charge < -0.3 is 19.5 Å². The minimum atomic E-state index is -0.377. The number of aromatic nitrogens is 2. The molecule has 7 heteroatoms. The number of carbonyl (C=O) groups is 1. The van der Waals surface area contributed by atoms with Crippen LogP contribution < -0.4 is 5.32 Å². The molecule has 0 unspecified atom stereocenters. The molecule has 5 rings (SSSR count). The van der Waals surface area contributed by atoms with Gasteiger partial charge in [0, 0.05) is 24.6 Å². The van der Waals surface area contributed by atoms with E-state index in [0.717, 1.165) is 22.6 Å². The van der Waals surface area contributed by atoms with Gasteiger partial charge >= 0.3 is 5.97 Å². The summed E-state index contributed by atoms with van der Waals surface area (Å²) in [5.74, 6) is -0.377. The van der Waals surface area contributed by atoms with Crippen molar-refractivity contribution in [2.24, 2.45) is 0 Å². The van der Waals surface area contributed by atoms with Crippen LogP contribution in [-0.2, 0) is 11.3 Å². The minimum absolute atomic E-state index is 0.150. The molecular formula is C27H24N4O2S. The molecule has 4 aromatic rings. The number of carbonyl (C=O) groups excluding carboxylic acids is 1. The number of thiocarbonyl (C=S) groups is 1. The zero-order valence-electron chi connectivity index (χ0n) is 18.7. The van der Waals surface area contributed by atoms with Crippen molar-refractivity contribution in [3.05, 3.63) is 120 Å². The first-order valence-electron chi connectivity index (χ1n) is 11.0. The van der Waals surface area contributed by atoms with Crippen LogP contribution in [0.3, 0.4) is 0 Å². The zero-order chi connectivity index (χ0) is 23.5. The highest BCUT2D eigenvalue weighted by Gasteiger charge is 2.41. The van der Waals surface area contributed by atoms with Crippen molar-refractivity contribution in [1.82, 2.24) is 19.8 Å². The van der Waals surface area contributed by atoms with Crippen LogP contribution in [0.25, 0.3) is 5.69 Å². The average Bonchev–Trinajstić information content (AvgIpc) is 3.49. The van der Waals surface area contributed by atoms with Crippen molar-refractivity contribution in [2.75, 3.05) is 7.11 Å². The number of rotatable bonds is 6. The number of benzene rings is 2. The third-order valence-electron chi connectivity index (χ3n) is 6.05. The molecule has 1 N–H and O–H groups in total. The number of hydrogen-bond donors (Lipinski definition) is 1. The summed E-state index contributed by atoms with van der Waals surface area (Å²) in [6.07, 6.45) is 3.76. The Kier molecular flexibility index (Phi) is 6.10. The van der Waals surface area contributed by atoms with Gasteiger partial charge in [-0.1, -0.05) is 48.5 Å². The number of ether oxygens (including phenoxy) is 1. The third kappa shape index (κ3) is 4.06. The van der Waals surface area contributed by atoms with Crippen molar-refractivity contribution < 1.29 is 9.53 Å². The van der Waals surface area contributed by atoms with Gasteiger partial charge in [0.2, 0.25) is 0 Å². The molecule has 3 heterocycles. The van der Waals surface area contributed by atoms with E-state index in [2.05, 4.69) is 33.4 Å². The van der Waals surface area contributed by atoms with Crippen LogP contribution in [0.2, 0.25) is 0 Å². The first-order chi connectivity index (χ1) is 16.7. The van der Waals surface area contributed by atoms with Gasteiger partial charge in [0.25, 0.3) is 0 Å². The molecule has 1 aliphatic rings. The highest BCUT2D eigenvalue weighted by atomic mass is 32.1. The Morgan fingerprint density at radius 1 is 1.00 bits per heavy atom. The van der Waals surface area contributed by atoms with E-state index in [1.54, 1.807) is 12.3 Å². The fourth-order valence-electron chi connectivity index (χ4n) is 4.50. The topological polar surface area (TPSA) is 59.4 Å². The average molecular weight is 469 g/mol. The fourth-order valence-corrected chi connectivity index (χ4v) is 4.80. The second-order valence-electron chi connectivity index (χ2n) is 8.05. The van der Waals surface area contributed by atoms with E-state index in [1.807, 2.05) is 71.4 Å². The van der Waals surface area contributed by atoms with Crippen molar-refractivity contribution >= 4 is 23.3 Å². The molecule has 0 saturated carbocycles. The predicted octanol–water partition coefficient (Wildman–Crippen LogP) is 4.83.